The van der Waals surface area contributed by atoms with E-state index in [9.17, 15) is 4.79 Å². The van der Waals surface area contributed by atoms with Crippen molar-refractivity contribution in [3.05, 3.63) is 15.6 Å². The molecule has 0 aliphatic carbocycles. The van der Waals surface area contributed by atoms with Crippen molar-refractivity contribution in [3.63, 3.8) is 0 Å². The smallest absolute Gasteiger partial charge is 0.252 e. The molecule has 9 heavy (non-hydrogen) atoms. The summed E-state index contributed by atoms with van der Waals surface area (Å²) in [5.41, 5.74) is 5.34. The van der Waals surface area contributed by atoms with Crippen LogP contribution in [-0.2, 0) is 0 Å². The highest BCUT2D eigenvalue weighted by Gasteiger charge is 2.01. The Kier molecular flexibility index (Phi) is 1.63. The number of nitrogens with two attached hydrogens (primary N) is 1. The lowest BCUT2D eigenvalue weighted by molar-refractivity contribution is 0.1000. The maximum Gasteiger partial charge on any atom is 0.252 e. The summed E-state index contributed by atoms with van der Waals surface area (Å²) in [6.45, 7) is 0. The maximum atomic E-state index is 10.4. The van der Waals surface area contributed by atoms with Crippen LogP contribution in [0.1, 0.15) is 10.4 Å². The van der Waals surface area contributed by atoms with Crippen LogP contribution in [-0.4, -0.2) is 10.3 Å². The van der Waals surface area contributed by atoms with Crippen molar-refractivity contribution in [2.45, 2.75) is 0 Å². The minimum absolute atomic E-state index is 0.398. The second kappa shape index (κ2) is 2.28. The number of hydrogen-bond acceptors (Lipinski definition) is 3. The lowest BCUT2D eigenvalue weighted by atomic mass is 10.4. The summed E-state index contributed by atoms with van der Waals surface area (Å²) in [5.74, 6) is -0.475. The molecule has 1 rings (SSSR count). The van der Waals surface area contributed by atoms with E-state index in [0.29, 0.717) is 10.2 Å². The average Bonchev–Trinajstić information content (AvgIpc) is 2.13. The van der Waals surface area contributed by atoms with Crippen LogP contribution in [0, 0.1) is 4.64 Å². The third-order valence-electron chi connectivity index (χ3n) is 0.838. The molecule has 48 valence electrons. The van der Waals surface area contributed by atoms with Gasteiger partial charge in [0.05, 0.1) is 5.56 Å². The van der Waals surface area contributed by atoms with Crippen molar-refractivity contribution < 1.29 is 4.79 Å². The number of primary amides is 1. The van der Waals surface area contributed by atoms with Gasteiger partial charge in [-0.3, -0.25) is 4.79 Å². The van der Waals surface area contributed by atoms with Gasteiger partial charge >= 0.3 is 0 Å². The van der Waals surface area contributed by atoms with Gasteiger partial charge in [0.15, 0.2) is 0 Å². The fourth-order valence-electron chi connectivity index (χ4n) is 0.420. The summed E-state index contributed by atoms with van der Waals surface area (Å²) in [4.78, 5) is 10.4. The van der Waals surface area contributed by atoms with Gasteiger partial charge in [-0.05, 0) is 0 Å². The van der Waals surface area contributed by atoms with Crippen LogP contribution in [0.5, 0.6) is 0 Å². The number of carbonyl (C=O) groups excluding carboxylic acids is 1. The van der Waals surface area contributed by atoms with Crippen LogP contribution < -0.4 is 5.73 Å². The van der Waals surface area contributed by atoms with Crippen molar-refractivity contribution in [3.8, 4) is 0 Å². The van der Waals surface area contributed by atoms with Gasteiger partial charge in [0.2, 0.25) is 0 Å². The van der Waals surface area contributed by atoms with E-state index in [1.807, 2.05) is 0 Å². The van der Waals surface area contributed by atoms with Gasteiger partial charge < -0.3 is 10.1 Å². The van der Waals surface area contributed by atoms with Crippen LogP contribution in [0.25, 0.3) is 0 Å². The first kappa shape index (κ1) is 6.44. The highest BCUT2D eigenvalue weighted by molar-refractivity contribution is 7.71. The fourth-order valence-corrected chi connectivity index (χ4v) is 1.43. The fraction of sp³-hybridized carbons (Fsp3) is 0. The Morgan fingerprint density at radius 3 is 2.78 bits per heavy atom. The zero-order valence-electron chi connectivity index (χ0n) is 4.38. The number of H-pyrrole nitrogens is 1. The van der Waals surface area contributed by atoms with Gasteiger partial charge in [0, 0.05) is 5.38 Å². The number of amides is 1. The number of hydrogen-bond donors (Lipinski definition) is 2. The third kappa shape index (κ3) is 1.17. The second-order valence-electron chi connectivity index (χ2n) is 1.44. The second-order valence-corrected chi connectivity index (χ2v) is 2.53. The lowest BCUT2D eigenvalue weighted by Gasteiger charge is -1.80. The van der Waals surface area contributed by atoms with E-state index < -0.39 is 5.91 Å². The Labute approximate surface area is 60.7 Å². The van der Waals surface area contributed by atoms with E-state index in [4.69, 9.17) is 18.0 Å². The van der Waals surface area contributed by atoms with Crippen molar-refractivity contribution in [2.24, 2.45) is 5.73 Å². The molecule has 0 aliphatic rings. The van der Waals surface area contributed by atoms with Crippen LogP contribution in [0.2, 0.25) is 0 Å². The predicted octanol–water partition coefficient (Wildman–Crippen LogP) is 0.905. The molecule has 0 aliphatic heterocycles. The van der Waals surface area contributed by atoms with Crippen molar-refractivity contribution in [1.82, 2.24) is 4.37 Å². The summed E-state index contributed by atoms with van der Waals surface area (Å²) in [6.07, 6.45) is 0. The zero-order chi connectivity index (χ0) is 6.85. The first-order chi connectivity index (χ1) is 4.22. The average molecular weight is 160 g/mol. The first-order valence-corrected chi connectivity index (χ1v) is 3.46. The molecule has 0 atom stereocenters. The molecule has 1 amide bonds. The van der Waals surface area contributed by atoms with Crippen molar-refractivity contribution >= 4 is 29.7 Å². The quantitative estimate of drug-likeness (QED) is 0.600. The van der Waals surface area contributed by atoms with Crippen molar-refractivity contribution in [1.29, 1.82) is 0 Å². The number of aromatic amines is 1. The monoisotopic (exact) mass is 160 g/mol. The summed E-state index contributed by atoms with van der Waals surface area (Å²) < 4.78 is 3.13. The van der Waals surface area contributed by atoms with Gasteiger partial charge in [-0.2, -0.15) is 0 Å². The number of aromatic nitrogens is 1. The van der Waals surface area contributed by atoms with Gasteiger partial charge in [-0.1, -0.05) is 23.8 Å². The molecular weight excluding hydrogens is 156 g/mol. The summed E-state index contributed by atoms with van der Waals surface area (Å²) in [7, 11) is 0. The summed E-state index contributed by atoms with van der Waals surface area (Å²) in [5, 5.41) is 1.60. The molecular formula is C4H4N2OS2. The van der Waals surface area contributed by atoms with Crippen molar-refractivity contribution in [2.75, 3.05) is 0 Å². The Bertz CT molecular complexity index is 274. The van der Waals surface area contributed by atoms with Crippen LogP contribution in [0.15, 0.2) is 5.38 Å². The van der Waals surface area contributed by atoms with Gasteiger partial charge in [-0.25, -0.2) is 0 Å². The maximum absolute atomic E-state index is 10.4. The highest BCUT2D eigenvalue weighted by atomic mass is 32.1. The Hall–Kier alpha value is -0.680. The molecule has 5 heteroatoms. The van der Waals surface area contributed by atoms with Gasteiger partial charge in [0.25, 0.3) is 5.91 Å². The Balaban J connectivity index is 3.24. The van der Waals surface area contributed by atoms with Crippen LogP contribution >= 0.6 is 23.8 Å². The SMILES string of the molecule is NC(=O)c1cs[nH]c1=S. The molecule has 0 spiro atoms. The third-order valence-corrected chi connectivity index (χ3v) is 1.97. The Morgan fingerprint density at radius 1 is 1.89 bits per heavy atom. The van der Waals surface area contributed by atoms with Crippen LogP contribution in [0.4, 0.5) is 0 Å². The normalized spacial score (nSPS) is 9.33. The van der Waals surface area contributed by atoms with E-state index >= 15 is 0 Å². The largest absolute Gasteiger partial charge is 0.365 e. The number of carbonyl (C=O) groups is 1. The molecule has 0 bridgehead atoms. The Morgan fingerprint density at radius 2 is 2.56 bits per heavy atom. The summed E-state index contributed by atoms with van der Waals surface area (Å²) >= 11 is 5.98. The molecule has 1 aromatic heterocycles. The molecule has 0 unspecified atom stereocenters. The molecule has 0 saturated carbocycles. The molecule has 3 nitrogen and oxygen atoms in total. The highest BCUT2D eigenvalue weighted by Crippen LogP contribution is 2.02. The van der Waals surface area contributed by atoms with E-state index in [-0.39, 0.29) is 0 Å². The topological polar surface area (TPSA) is 58.9 Å². The zero-order valence-corrected chi connectivity index (χ0v) is 6.01. The first-order valence-electron chi connectivity index (χ1n) is 2.18. The standard InChI is InChI=1S/C4H4N2OS2/c5-3(7)2-1-9-6-4(2)8/h1H,(H2,5,7)(H,6,8). The van der Waals surface area contributed by atoms with E-state index in [1.54, 1.807) is 5.38 Å². The van der Waals surface area contributed by atoms with Crippen LogP contribution in [0.3, 0.4) is 0 Å². The lowest BCUT2D eigenvalue weighted by Crippen LogP contribution is -2.09. The molecule has 0 saturated heterocycles. The van der Waals surface area contributed by atoms with E-state index in [2.05, 4.69) is 4.37 Å². The minimum atomic E-state index is -0.475. The molecule has 1 aromatic rings. The molecule has 3 N–H and O–H groups in total. The molecule has 1 heterocycles. The molecule has 0 radical (unpaired) electrons. The summed E-state index contributed by atoms with van der Waals surface area (Å²) in [6, 6.07) is 0. The predicted molar refractivity (Wildman–Crippen MR) is 38.0 cm³/mol. The minimum Gasteiger partial charge on any atom is -0.365 e. The van der Waals surface area contributed by atoms with E-state index in [0.717, 1.165) is 0 Å². The number of rotatable bonds is 1. The number of nitrogens with one attached hydrogen (secondary N) is 1. The van der Waals surface area contributed by atoms with E-state index in [1.165, 1.54) is 11.5 Å². The molecule has 0 fully saturated rings. The van der Waals surface area contributed by atoms with Gasteiger partial charge in [-0.15, -0.1) is 0 Å². The van der Waals surface area contributed by atoms with Gasteiger partial charge in [0.1, 0.15) is 4.64 Å². The molecule has 0 aromatic carbocycles.